The molecule has 0 saturated heterocycles. The van der Waals surface area contributed by atoms with Crippen molar-refractivity contribution in [2.45, 2.75) is 38.6 Å². The maximum atomic E-state index is 12.3. The molecule has 0 unspecified atom stereocenters. The van der Waals surface area contributed by atoms with Crippen molar-refractivity contribution in [1.29, 1.82) is 0 Å². The van der Waals surface area contributed by atoms with Crippen molar-refractivity contribution in [3.8, 4) is 0 Å². The van der Waals surface area contributed by atoms with Gasteiger partial charge in [-0.3, -0.25) is 4.79 Å². The maximum absolute atomic E-state index is 12.3. The number of nitrogens with zero attached hydrogens (tertiary/aromatic N) is 2. The van der Waals surface area contributed by atoms with Gasteiger partial charge in [0, 0.05) is 24.3 Å². The highest BCUT2D eigenvalue weighted by molar-refractivity contribution is 5.95. The fourth-order valence-corrected chi connectivity index (χ4v) is 2.48. The second-order valence-electron chi connectivity index (χ2n) is 4.78. The molecule has 17 heavy (non-hydrogen) atoms. The summed E-state index contributed by atoms with van der Waals surface area (Å²) in [4.78, 5) is 18.2. The summed E-state index contributed by atoms with van der Waals surface area (Å²) in [6, 6.07) is 3.84. The Kier molecular flexibility index (Phi) is 3.31. The predicted molar refractivity (Wildman–Crippen MR) is 67.7 cm³/mol. The van der Waals surface area contributed by atoms with Gasteiger partial charge in [0.1, 0.15) is 5.82 Å². The van der Waals surface area contributed by atoms with E-state index in [4.69, 9.17) is 5.73 Å². The standard InChI is InChI=1S/C13H19N3O/c1-9-7-10(8-12(14)15-9)13(17)16(2)11-5-3-4-6-11/h7-8,11H,3-6H2,1-2H3,(H2,14,15). The number of aromatic nitrogens is 1. The molecule has 1 aliphatic rings. The Hall–Kier alpha value is -1.58. The van der Waals surface area contributed by atoms with Gasteiger partial charge < -0.3 is 10.6 Å². The topological polar surface area (TPSA) is 59.2 Å². The van der Waals surface area contributed by atoms with E-state index < -0.39 is 0 Å². The lowest BCUT2D eigenvalue weighted by Gasteiger charge is -2.24. The molecule has 92 valence electrons. The van der Waals surface area contributed by atoms with Crippen LogP contribution < -0.4 is 5.73 Å². The van der Waals surface area contributed by atoms with Gasteiger partial charge in [-0.25, -0.2) is 4.98 Å². The lowest BCUT2D eigenvalue weighted by Crippen LogP contribution is -2.35. The van der Waals surface area contributed by atoms with Gasteiger partial charge in [-0.2, -0.15) is 0 Å². The van der Waals surface area contributed by atoms with Crippen LogP contribution in [-0.2, 0) is 0 Å². The monoisotopic (exact) mass is 233 g/mol. The van der Waals surface area contributed by atoms with Gasteiger partial charge in [0.15, 0.2) is 0 Å². The molecule has 2 N–H and O–H groups in total. The zero-order chi connectivity index (χ0) is 12.4. The van der Waals surface area contributed by atoms with E-state index in [9.17, 15) is 4.79 Å². The average Bonchev–Trinajstić information content (AvgIpc) is 2.79. The molecular formula is C13H19N3O. The Morgan fingerprint density at radius 1 is 1.41 bits per heavy atom. The zero-order valence-corrected chi connectivity index (χ0v) is 10.4. The van der Waals surface area contributed by atoms with E-state index in [2.05, 4.69) is 4.98 Å². The smallest absolute Gasteiger partial charge is 0.254 e. The van der Waals surface area contributed by atoms with Crippen LogP contribution in [-0.4, -0.2) is 28.9 Å². The summed E-state index contributed by atoms with van der Waals surface area (Å²) in [6.45, 7) is 1.85. The third-order valence-corrected chi connectivity index (χ3v) is 3.41. The average molecular weight is 233 g/mol. The van der Waals surface area contributed by atoms with Crippen molar-refractivity contribution in [1.82, 2.24) is 9.88 Å². The molecule has 1 fully saturated rings. The number of pyridine rings is 1. The molecule has 0 atom stereocenters. The first-order chi connectivity index (χ1) is 8.08. The minimum atomic E-state index is 0.0501. The number of hydrogen-bond donors (Lipinski definition) is 1. The number of rotatable bonds is 2. The van der Waals surface area contributed by atoms with Crippen molar-refractivity contribution in [2.75, 3.05) is 12.8 Å². The minimum absolute atomic E-state index is 0.0501. The molecule has 4 heteroatoms. The third-order valence-electron chi connectivity index (χ3n) is 3.41. The van der Waals surface area contributed by atoms with Crippen LogP contribution in [0, 0.1) is 6.92 Å². The Morgan fingerprint density at radius 2 is 2.06 bits per heavy atom. The number of carbonyl (C=O) groups excluding carboxylic acids is 1. The van der Waals surface area contributed by atoms with Gasteiger partial charge in [0.05, 0.1) is 0 Å². The predicted octanol–water partition coefficient (Wildman–Crippen LogP) is 1.99. The van der Waals surface area contributed by atoms with Crippen LogP contribution in [0.3, 0.4) is 0 Å². The first kappa shape index (κ1) is 11.9. The van der Waals surface area contributed by atoms with E-state index in [1.54, 1.807) is 12.1 Å². The van der Waals surface area contributed by atoms with Gasteiger partial charge >= 0.3 is 0 Å². The first-order valence-electron chi connectivity index (χ1n) is 6.09. The SMILES string of the molecule is Cc1cc(C(=O)N(C)C2CCCC2)cc(N)n1. The summed E-state index contributed by atoms with van der Waals surface area (Å²) in [5.41, 5.74) is 7.10. The summed E-state index contributed by atoms with van der Waals surface area (Å²) in [7, 11) is 1.88. The van der Waals surface area contributed by atoms with E-state index in [1.807, 2.05) is 18.9 Å². The number of hydrogen-bond acceptors (Lipinski definition) is 3. The normalized spacial score (nSPS) is 16.1. The molecule has 1 amide bonds. The van der Waals surface area contributed by atoms with E-state index in [1.165, 1.54) is 12.8 Å². The van der Waals surface area contributed by atoms with Crippen LogP contribution >= 0.6 is 0 Å². The quantitative estimate of drug-likeness (QED) is 0.849. The Bertz CT molecular complexity index is 404. The molecule has 1 aliphatic carbocycles. The molecule has 1 aromatic heterocycles. The number of aryl methyl sites for hydroxylation is 1. The molecule has 0 aromatic carbocycles. The van der Waals surface area contributed by atoms with Crippen LogP contribution in [0.25, 0.3) is 0 Å². The van der Waals surface area contributed by atoms with Crippen LogP contribution in [0.1, 0.15) is 41.7 Å². The van der Waals surface area contributed by atoms with E-state index >= 15 is 0 Å². The number of nitrogens with two attached hydrogens (primary N) is 1. The molecule has 0 radical (unpaired) electrons. The fraction of sp³-hybridized carbons (Fsp3) is 0.538. The first-order valence-corrected chi connectivity index (χ1v) is 6.09. The summed E-state index contributed by atoms with van der Waals surface area (Å²) >= 11 is 0. The molecule has 1 aromatic rings. The number of anilines is 1. The Balaban J connectivity index is 2.17. The van der Waals surface area contributed by atoms with Crippen molar-refractivity contribution in [3.05, 3.63) is 23.4 Å². The number of amides is 1. The van der Waals surface area contributed by atoms with E-state index in [-0.39, 0.29) is 5.91 Å². The Morgan fingerprint density at radius 3 is 2.65 bits per heavy atom. The maximum Gasteiger partial charge on any atom is 0.254 e. The minimum Gasteiger partial charge on any atom is -0.384 e. The van der Waals surface area contributed by atoms with Crippen molar-refractivity contribution in [3.63, 3.8) is 0 Å². The second-order valence-corrected chi connectivity index (χ2v) is 4.78. The molecule has 0 bridgehead atoms. The van der Waals surface area contributed by atoms with Crippen molar-refractivity contribution < 1.29 is 4.79 Å². The van der Waals surface area contributed by atoms with Crippen LogP contribution in [0.2, 0.25) is 0 Å². The molecule has 1 saturated carbocycles. The highest BCUT2D eigenvalue weighted by Gasteiger charge is 2.24. The lowest BCUT2D eigenvalue weighted by molar-refractivity contribution is 0.0735. The zero-order valence-electron chi connectivity index (χ0n) is 10.4. The summed E-state index contributed by atoms with van der Waals surface area (Å²) in [5, 5.41) is 0. The van der Waals surface area contributed by atoms with Crippen molar-refractivity contribution >= 4 is 11.7 Å². The van der Waals surface area contributed by atoms with Crippen LogP contribution in [0.15, 0.2) is 12.1 Å². The van der Waals surface area contributed by atoms with Crippen LogP contribution in [0.4, 0.5) is 5.82 Å². The van der Waals surface area contributed by atoms with E-state index in [0.29, 0.717) is 17.4 Å². The molecule has 0 aliphatic heterocycles. The molecular weight excluding hydrogens is 214 g/mol. The van der Waals surface area contributed by atoms with E-state index in [0.717, 1.165) is 18.5 Å². The highest BCUT2D eigenvalue weighted by Crippen LogP contribution is 2.24. The fourth-order valence-electron chi connectivity index (χ4n) is 2.48. The second kappa shape index (κ2) is 4.73. The van der Waals surface area contributed by atoms with Gasteiger partial charge in [-0.05, 0) is 31.9 Å². The molecule has 2 rings (SSSR count). The summed E-state index contributed by atoms with van der Waals surface area (Å²) in [6.07, 6.45) is 4.67. The number of nitrogen functional groups attached to an aromatic ring is 1. The van der Waals surface area contributed by atoms with Crippen molar-refractivity contribution in [2.24, 2.45) is 0 Å². The van der Waals surface area contributed by atoms with Gasteiger partial charge in [0.25, 0.3) is 5.91 Å². The molecule has 0 spiro atoms. The largest absolute Gasteiger partial charge is 0.384 e. The van der Waals surface area contributed by atoms with Gasteiger partial charge in [0.2, 0.25) is 0 Å². The third kappa shape index (κ3) is 2.57. The van der Waals surface area contributed by atoms with Gasteiger partial charge in [-0.1, -0.05) is 12.8 Å². The summed E-state index contributed by atoms with van der Waals surface area (Å²) in [5.74, 6) is 0.460. The lowest BCUT2D eigenvalue weighted by atomic mass is 10.1. The molecule has 4 nitrogen and oxygen atoms in total. The van der Waals surface area contributed by atoms with Crippen LogP contribution in [0.5, 0.6) is 0 Å². The van der Waals surface area contributed by atoms with Gasteiger partial charge in [-0.15, -0.1) is 0 Å². The number of carbonyl (C=O) groups is 1. The highest BCUT2D eigenvalue weighted by atomic mass is 16.2. The summed E-state index contributed by atoms with van der Waals surface area (Å²) < 4.78 is 0. The molecule has 1 heterocycles. The Labute approximate surface area is 102 Å².